The Morgan fingerprint density at radius 2 is 1.88 bits per heavy atom. The number of benzene rings is 2. The fourth-order valence-electron chi connectivity index (χ4n) is 3.82. The van der Waals surface area contributed by atoms with Crippen molar-refractivity contribution in [3.63, 3.8) is 0 Å². The fourth-order valence-corrected chi connectivity index (χ4v) is 4.90. The van der Waals surface area contributed by atoms with Crippen LogP contribution in [0.1, 0.15) is 29.2 Å². The third kappa shape index (κ3) is 2.81. The second kappa shape index (κ2) is 6.17. The standard InChI is InChI=1S/C19H18F2N2O2S/c1-11-18-12(2-7-15-16(21)8-9-17(23-11)19(15)18)10-22-26(24,25)14-5-3-13(20)4-6-14/h3-6,8-9,12,22-23H,2,7,10H2,1H3. The molecule has 4 nitrogen and oxygen atoms in total. The minimum absolute atomic E-state index is 0.0251. The van der Waals surface area contributed by atoms with Crippen molar-refractivity contribution in [2.24, 2.45) is 0 Å². The first-order valence-electron chi connectivity index (χ1n) is 8.41. The van der Waals surface area contributed by atoms with Crippen LogP contribution in [-0.4, -0.2) is 19.9 Å². The van der Waals surface area contributed by atoms with Crippen LogP contribution in [0.4, 0.5) is 8.78 Å². The lowest BCUT2D eigenvalue weighted by atomic mass is 9.83. The number of aromatic nitrogens is 1. The van der Waals surface area contributed by atoms with Gasteiger partial charge in [-0.15, -0.1) is 0 Å². The zero-order valence-electron chi connectivity index (χ0n) is 14.1. The van der Waals surface area contributed by atoms with Crippen molar-refractivity contribution in [1.82, 2.24) is 9.71 Å². The number of hydrogen-bond acceptors (Lipinski definition) is 2. The molecular weight excluding hydrogens is 358 g/mol. The Morgan fingerprint density at radius 1 is 1.15 bits per heavy atom. The molecule has 0 saturated carbocycles. The lowest BCUT2D eigenvalue weighted by Gasteiger charge is -2.24. The molecule has 4 rings (SSSR count). The molecule has 0 bridgehead atoms. The molecule has 1 aromatic heterocycles. The molecule has 1 heterocycles. The third-order valence-corrected chi connectivity index (χ3v) is 6.49. The molecule has 1 atom stereocenters. The number of aromatic amines is 1. The molecule has 0 radical (unpaired) electrons. The van der Waals surface area contributed by atoms with Gasteiger partial charge in [0.15, 0.2) is 0 Å². The van der Waals surface area contributed by atoms with Crippen LogP contribution in [-0.2, 0) is 16.4 Å². The van der Waals surface area contributed by atoms with Crippen LogP contribution >= 0.6 is 0 Å². The van der Waals surface area contributed by atoms with E-state index in [0.717, 1.165) is 34.3 Å². The third-order valence-electron chi connectivity index (χ3n) is 5.05. The average molecular weight is 376 g/mol. The summed E-state index contributed by atoms with van der Waals surface area (Å²) in [6.07, 6.45) is 1.23. The topological polar surface area (TPSA) is 62.0 Å². The maximum atomic E-state index is 14.1. The lowest BCUT2D eigenvalue weighted by Crippen LogP contribution is -2.30. The van der Waals surface area contributed by atoms with Crippen molar-refractivity contribution in [2.45, 2.75) is 30.6 Å². The molecule has 0 saturated heterocycles. The van der Waals surface area contributed by atoms with Crippen molar-refractivity contribution in [3.05, 3.63) is 64.9 Å². The van der Waals surface area contributed by atoms with Crippen LogP contribution in [0.15, 0.2) is 41.3 Å². The van der Waals surface area contributed by atoms with E-state index in [-0.39, 0.29) is 23.2 Å². The van der Waals surface area contributed by atoms with E-state index >= 15 is 0 Å². The number of H-pyrrole nitrogens is 1. The number of aryl methyl sites for hydroxylation is 2. The molecule has 7 heteroatoms. The molecule has 3 aromatic rings. The van der Waals surface area contributed by atoms with E-state index in [0.29, 0.717) is 18.4 Å². The first-order chi connectivity index (χ1) is 12.4. The molecular formula is C19H18F2N2O2S. The van der Waals surface area contributed by atoms with Gasteiger partial charge in [-0.05, 0) is 67.3 Å². The summed E-state index contributed by atoms with van der Waals surface area (Å²) in [5, 5.41) is 0.875. The highest BCUT2D eigenvalue weighted by molar-refractivity contribution is 7.89. The Kier molecular flexibility index (Phi) is 4.08. The van der Waals surface area contributed by atoms with Gasteiger partial charge in [-0.3, -0.25) is 0 Å². The van der Waals surface area contributed by atoms with E-state index in [1.807, 2.05) is 6.92 Å². The molecule has 136 valence electrons. The highest BCUT2D eigenvalue weighted by Crippen LogP contribution is 2.39. The average Bonchev–Trinajstić information content (AvgIpc) is 2.95. The molecule has 1 aliphatic rings. The van der Waals surface area contributed by atoms with Crippen molar-refractivity contribution in [3.8, 4) is 0 Å². The Labute approximate surface area is 150 Å². The lowest BCUT2D eigenvalue weighted by molar-refractivity contribution is 0.545. The molecule has 2 aromatic carbocycles. The Bertz CT molecular complexity index is 1090. The zero-order valence-corrected chi connectivity index (χ0v) is 15.0. The second-order valence-corrected chi connectivity index (χ2v) is 8.42. The summed E-state index contributed by atoms with van der Waals surface area (Å²) in [7, 11) is -3.73. The van der Waals surface area contributed by atoms with Gasteiger partial charge in [-0.2, -0.15) is 0 Å². The van der Waals surface area contributed by atoms with Crippen molar-refractivity contribution in [1.29, 1.82) is 0 Å². The molecule has 26 heavy (non-hydrogen) atoms. The van der Waals surface area contributed by atoms with Crippen molar-refractivity contribution < 1.29 is 17.2 Å². The number of sulfonamides is 1. The monoisotopic (exact) mass is 376 g/mol. The van der Waals surface area contributed by atoms with Gasteiger partial charge in [0.05, 0.1) is 4.90 Å². The largest absolute Gasteiger partial charge is 0.358 e. The molecule has 1 unspecified atom stereocenters. The quantitative estimate of drug-likeness (QED) is 0.728. The van der Waals surface area contributed by atoms with Gasteiger partial charge in [0.2, 0.25) is 10.0 Å². The Balaban J connectivity index is 1.63. The van der Waals surface area contributed by atoms with Crippen LogP contribution in [0.25, 0.3) is 10.9 Å². The van der Waals surface area contributed by atoms with Gasteiger partial charge < -0.3 is 4.98 Å². The SMILES string of the molecule is Cc1[nH]c2ccc(F)c3c2c1C(CNS(=O)(=O)c1ccc(F)cc1)CC3. The van der Waals surface area contributed by atoms with E-state index < -0.39 is 15.8 Å². The van der Waals surface area contributed by atoms with Crippen LogP contribution in [0.3, 0.4) is 0 Å². The van der Waals surface area contributed by atoms with E-state index in [1.54, 1.807) is 6.07 Å². The summed E-state index contributed by atoms with van der Waals surface area (Å²) in [6, 6.07) is 7.90. The Morgan fingerprint density at radius 3 is 2.62 bits per heavy atom. The van der Waals surface area contributed by atoms with Crippen LogP contribution in [0, 0.1) is 18.6 Å². The highest BCUT2D eigenvalue weighted by Gasteiger charge is 2.28. The summed E-state index contributed by atoms with van der Waals surface area (Å²) in [5.74, 6) is -0.753. The minimum Gasteiger partial charge on any atom is -0.358 e. The van der Waals surface area contributed by atoms with Crippen LogP contribution < -0.4 is 4.72 Å². The van der Waals surface area contributed by atoms with E-state index in [4.69, 9.17) is 0 Å². The fraction of sp³-hybridized carbons (Fsp3) is 0.263. The summed E-state index contributed by atoms with van der Waals surface area (Å²) < 4.78 is 54.7. The predicted molar refractivity (Wildman–Crippen MR) is 95.6 cm³/mol. The predicted octanol–water partition coefficient (Wildman–Crippen LogP) is 3.76. The molecule has 0 amide bonds. The number of hydrogen-bond donors (Lipinski definition) is 2. The molecule has 0 spiro atoms. The number of nitrogens with one attached hydrogen (secondary N) is 2. The summed E-state index contributed by atoms with van der Waals surface area (Å²) in [5.41, 5.74) is 3.47. The maximum Gasteiger partial charge on any atom is 0.240 e. The maximum absolute atomic E-state index is 14.1. The molecule has 1 aliphatic carbocycles. The van der Waals surface area contributed by atoms with Gasteiger partial charge in [-0.25, -0.2) is 21.9 Å². The first kappa shape index (κ1) is 17.2. The Hall–Kier alpha value is -2.25. The van der Waals surface area contributed by atoms with Crippen molar-refractivity contribution >= 4 is 20.9 Å². The van der Waals surface area contributed by atoms with E-state index in [2.05, 4.69) is 9.71 Å². The summed E-state index contributed by atoms with van der Waals surface area (Å²) in [4.78, 5) is 3.29. The first-order valence-corrected chi connectivity index (χ1v) is 9.90. The summed E-state index contributed by atoms with van der Waals surface area (Å²) in [6.45, 7) is 2.13. The smallest absolute Gasteiger partial charge is 0.240 e. The number of halogens is 2. The number of rotatable bonds is 4. The van der Waals surface area contributed by atoms with Gasteiger partial charge >= 0.3 is 0 Å². The summed E-state index contributed by atoms with van der Waals surface area (Å²) >= 11 is 0. The highest BCUT2D eigenvalue weighted by atomic mass is 32.2. The van der Waals surface area contributed by atoms with Crippen LogP contribution in [0.2, 0.25) is 0 Å². The minimum atomic E-state index is -3.73. The van der Waals surface area contributed by atoms with Gasteiger partial charge in [0.25, 0.3) is 0 Å². The molecule has 0 aliphatic heterocycles. The molecule has 2 N–H and O–H groups in total. The second-order valence-electron chi connectivity index (χ2n) is 6.65. The van der Waals surface area contributed by atoms with E-state index in [9.17, 15) is 17.2 Å². The van der Waals surface area contributed by atoms with E-state index in [1.165, 1.54) is 18.2 Å². The van der Waals surface area contributed by atoms with Gasteiger partial charge in [-0.1, -0.05) is 0 Å². The normalized spacial score (nSPS) is 17.0. The van der Waals surface area contributed by atoms with Gasteiger partial charge in [0, 0.05) is 29.1 Å². The zero-order chi connectivity index (χ0) is 18.5. The van der Waals surface area contributed by atoms with Crippen LogP contribution in [0.5, 0.6) is 0 Å². The van der Waals surface area contributed by atoms with Gasteiger partial charge in [0.1, 0.15) is 11.6 Å². The molecule has 0 fully saturated rings. The van der Waals surface area contributed by atoms with Crippen molar-refractivity contribution in [2.75, 3.05) is 6.54 Å².